The van der Waals surface area contributed by atoms with Crippen LogP contribution in [0.15, 0.2) is 46.9 Å². The highest BCUT2D eigenvalue weighted by Gasteiger charge is 2.33. The lowest BCUT2D eigenvalue weighted by molar-refractivity contribution is -0.402. The molecule has 1 atom stereocenters. The standard InChI is InChI=1S/C16H15N3O5/c20-15(13-6-7-14(24-13)19(22)23)17-12-8-9-18(16(12)21)10-11-4-2-1-3-5-11/h1-7,12H,8-10H2,(H,17,20)/t12-/m1/s1. The first-order valence-electron chi connectivity index (χ1n) is 7.42. The highest BCUT2D eigenvalue weighted by Crippen LogP contribution is 2.18. The molecule has 1 aromatic heterocycles. The van der Waals surface area contributed by atoms with E-state index in [0.29, 0.717) is 19.5 Å². The van der Waals surface area contributed by atoms with Gasteiger partial charge in [-0.3, -0.25) is 19.7 Å². The fraction of sp³-hybridized carbons (Fsp3) is 0.250. The average Bonchev–Trinajstić information content (AvgIpc) is 3.19. The fourth-order valence-electron chi connectivity index (χ4n) is 2.61. The summed E-state index contributed by atoms with van der Waals surface area (Å²) in [5, 5.41) is 13.1. The first-order valence-corrected chi connectivity index (χ1v) is 7.42. The molecule has 8 nitrogen and oxygen atoms in total. The minimum absolute atomic E-state index is 0.173. The fourth-order valence-corrected chi connectivity index (χ4v) is 2.61. The summed E-state index contributed by atoms with van der Waals surface area (Å²) < 4.78 is 4.84. The molecular weight excluding hydrogens is 314 g/mol. The van der Waals surface area contributed by atoms with Gasteiger partial charge >= 0.3 is 5.88 Å². The Morgan fingerprint density at radius 1 is 1.29 bits per heavy atom. The van der Waals surface area contributed by atoms with Crippen LogP contribution in [0.25, 0.3) is 0 Å². The highest BCUT2D eigenvalue weighted by molar-refractivity contribution is 5.96. The van der Waals surface area contributed by atoms with E-state index in [9.17, 15) is 19.7 Å². The summed E-state index contributed by atoms with van der Waals surface area (Å²) in [6, 6.07) is 11.2. The molecule has 0 aliphatic carbocycles. The molecule has 2 heterocycles. The minimum atomic E-state index is -0.723. The lowest BCUT2D eigenvalue weighted by Gasteiger charge is -2.17. The van der Waals surface area contributed by atoms with E-state index < -0.39 is 22.8 Å². The molecule has 1 saturated heterocycles. The van der Waals surface area contributed by atoms with Crippen LogP contribution in [0.3, 0.4) is 0 Å². The Hall–Kier alpha value is -3.16. The molecule has 8 heteroatoms. The van der Waals surface area contributed by atoms with E-state index in [1.54, 1.807) is 4.90 Å². The van der Waals surface area contributed by atoms with Crippen LogP contribution in [-0.4, -0.2) is 34.2 Å². The molecule has 0 bridgehead atoms. The van der Waals surface area contributed by atoms with Gasteiger partial charge in [0.15, 0.2) is 5.76 Å². The van der Waals surface area contributed by atoms with Crippen LogP contribution in [0.1, 0.15) is 22.5 Å². The van der Waals surface area contributed by atoms with Crippen LogP contribution in [0.4, 0.5) is 5.88 Å². The van der Waals surface area contributed by atoms with Crippen LogP contribution < -0.4 is 5.32 Å². The van der Waals surface area contributed by atoms with Gasteiger partial charge in [-0.15, -0.1) is 0 Å². The van der Waals surface area contributed by atoms with Crippen molar-refractivity contribution in [3.05, 3.63) is 63.9 Å². The van der Waals surface area contributed by atoms with E-state index in [2.05, 4.69) is 5.32 Å². The summed E-state index contributed by atoms with van der Waals surface area (Å²) in [4.78, 5) is 35.9. The van der Waals surface area contributed by atoms with Crippen molar-refractivity contribution >= 4 is 17.7 Å². The molecule has 1 aliphatic rings. The van der Waals surface area contributed by atoms with Gasteiger partial charge in [0.1, 0.15) is 11.0 Å². The van der Waals surface area contributed by atoms with E-state index in [4.69, 9.17) is 4.42 Å². The molecule has 0 spiro atoms. The van der Waals surface area contributed by atoms with Gasteiger partial charge in [0.25, 0.3) is 5.91 Å². The number of benzene rings is 1. The first kappa shape index (κ1) is 15.7. The zero-order chi connectivity index (χ0) is 17.1. The number of carbonyl (C=O) groups is 2. The van der Waals surface area contributed by atoms with Crippen molar-refractivity contribution in [2.75, 3.05) is 6.54 Å². The van der Waals surface area contributed by atoms with Crippen LogP contribution >= 0.6 is 0 Å². The van der Waals surface area contributed by atoms with E-state index in [0.717, 1.165) is 11.6 Å². The lowest BCUT2D eigenvalue weighted by atomic mass is 10.2. The van der Waals surface area contributed by atoms with Crippen LogP contribution in [-0.2, 0) is 11.3 Å². The van der Waals surface area contributed by atoms with Crippen molar-refractivity contribution < 1.29 is 18.9 Å². The summed E-state index contributed by atoms with van der Waals surface area (Å²) in [5.74, 6) is -1.50. The van der Waals surface area contributed by atoms with E-state index in [1.165, 1.54) is 6.07 Å². The number of hydrogen-bond acceptors (Lipinski definition) is 5. The van der Waals surface area contributed by atoms with Crippen molar-refractivity contribution in [3.63, 3.8) is 0 Å². The Labute approximate surface area is 137 Å². The molecule has 1 aromatic carbocycles. The maximum absolute atomic E-state index is 12.4. The monoisotopic (exact) mass is 329 g/mol. The maximum atomic E-state index is 12.4. The number of carbonyl (C=O) groups excluding carboxylic acids is 2. The van der Waals surface area contributed by atoms with E-state index in [-0.39, 0.29) is 11.7 Å². The Kier molecular flexibility index (Phi) is 4.28. The zero-order valence-corrected chi connectivity index (χ0v) is 12.7. The average molecular weight is 329 g/mol. The first-order chi connectivity index (χ1) is 11.5. The number of hydrogen-bond donors (Lipinski definition) is 1. The molecular formula is C16H15N3O5. The van der Waals surface area contributed by atoms with Gasteiger partial charge in [-0.2, -0.15) is 0 Å². The van der Waals surface area contributed by atoms with Crippen molar-refractivity contribution in [3.8, 4) is 0 Å². The smallest absolute Gasteiger partial charge is 0.395 e. The van der Waals surface area contributed by atoms with Gasteiger partial charge in [-0.1, -0.05) is 30.3 Å². The molecule has 124 valence electrons. The number of nitro groups is 1. The second-order valence-electron chi connectivity index (χ2n) is 5.46. The van der Waals surface area contributed by atoms with Crippen molar-refractivity contribution in [2.24, 2.45) is 0 Å². The largest absolute Gasteiger partial charge is 0.433 e. The summed E-state index contributed by atoms with van der Waals surface area (Å²) >= 11 is 0. The van der Waals surface area contributed by atoms with Gasteiger partial charge in [-0.25, -0.2) is 0 Å². The normalized spacial score (nSPS) is 17.1. The second-order valence-corrected chi connectivity index (χ2v) is 5.46. The third-order valence-electron chi connectivity index (χ3n) is 3.81. The highest BCUT2D eigenvalue weighted by atomic mass is 16.6. The van der Waals surface area contributed by atoms with Crippen LogP contribution in [0, 0.1) is 10.1 Å². The molecule has 0 radical (unpaired) electrons. The zero-order valence-electron chi connectivity index (χ0n) is 12.7. The van der Waals surface area contributed by atoms with Crippen LogP contribution in [0.2, 0.25) is 0 Å². The molecule has 1 aliphatic heterocycles. The van der Waals surface area contributed by atoms with Gasteiger partial charge < -0.3 is 14.6 Å². The van der Waals surface area contributed by atoms with Crippen LogP contribution in [0.5, 0.6) is 0 Å². The number of amides is 2. The molecule has 3 rings (SSSR count). The van der Waals surface area contributed by atoms with E-state index in [1.807, 2.05) is 30.3 Å². The lowest BCUT2D eigenvalue weighted by Crippen LogP contribution is -2.41. The second kappa shape index (κ2) is 6.53. The summed E-state index contributed by atoms with van der Waals surface area (Å²) in [7, 11) is 0. The number of rotatable bonds is 5. The Balaban J connectivity index is 1.60. The predicted molar refractivity (Wildman–Crippen MR) is 83.1 cm³/mol. The molecule has 0 saturated carbocycles. The molecule has 2 aromatic rings. The summed E-state index contributed by atoms with van der Waals surface area (Å²) in [5.41, 5.74) is 1.01. The van der Waals surface area contributed by atoms with E-state index >= 15 is 0 Å². The third kappa shape index (κ3) is 3.27. The minimum Gasteiger partial charge on any atom is -0.395 e. The summed E-state index contributed by atoms with van der Waals surface area (Å²) in [6.07, 6.45) is 0.486. The van der Waals surface area contributed by atoms with Crippen molar-refractivity contribution in [1.29, 1.82) is 0 Å². The molecule has 0 unspecified atom stereocenters. The SMILES string of the molecule is O=C(N[C@@H]1CCN(Cc2ccccc2)C1=O)c1ccc([N+](=O)[O-])o1. The van der Waals surface area contributed by atoms with Crippen molar-refractivity contribution in [2.45, 2.75) is 19.0 Å². The van der Waals surface area contributed by atoms with Crippen molar-refractivity contribution in [1.82, 2.24) is 10.2 Å². The molecule has 1 N–H and O–H groups in total. The Morgan fingerprint density at radius 2 is 2.04 bits per heavy atom. The quantitative estimate of drug-likeness (QED) is 0.664. The molecule has 2 amide bonds. The molecule has 1 fully saturated rings. The Morgan fingerprint density at radius 3 is 2.71 bits per heavy atom. The Bertz CT molecular complexity index is 771. The number of nitrogens with zero attached hydrogens (tertiary/aromatic N) is 2. The number of likely N-dealkylation sites (tertiary alicyclic amines) is 1. The van der Waals surface area contributed by atoms with Gasteiger partial charge in [-0.05, 0) is 18.1 Å². The predicted octanol–water partition coefficient (Wildman–Crippen LogP) is 1.72. The third-order valence-corrected chi connectivity index (χ3v) is 3.81. The summed E-state index contributed by atoms with van der Waals surface area (Å²) in [6.45, 7) is 1.02. The van der Waals surface area contributed by atoms with Gasteiger partial charge in [0, 0.05) is 13.1 Å². The maximum Gasteiger partial charge on any atom is 0.433 e. The number of nitrogens with one attached hydrogen (secondary N) is 1. The number of furan rings is 1. The van der Waals surface area contributed by atoms with Gasteiger partial charge in [0.05, 0.1) is 6.07 Å². The van der Waals surface area contributed by atoms with Gasteiger partial charge in [0.2, 0.25) is 5.91 Å². The topological polar surface area (TPSA) is 106 Å². The molecule has 24 heavy (non-hydrogen) atoms.